The van der Waals surface area contributed by atoms with Crippen molar-refractivity contribution in [1.82, 2.24) is 10.1 Å². The van der Waals surface area contributed by atoms with Crippen LogP contribution in [0.2, 0.25) is 0 Å². The fraction of sp³-hybridized carbons (Fsp3) is 0.438. The van der Waals surface area contributed by atoms with Crippen molar-refractivity contribution in [3.05, 3.63) is 41.7 Å². The number of aromatic nitrogens is 1. The third-order valence-corrected chi connectivity index (χ3v) is 5.89. The second kappa shape index (κ2) is 5.85. The van der Waals surface area contributed by atoms with E-state index in [-0.39, 0.29) is 17.5 Å². The third-order valence-electron chi connectivity index (χ3n) is 4.14. The number of hydrogen-bond acceptors (Lipinski definition) is 5. The maximum atomic E-state index is 11.6. The van der Waals surface area contributed by atoms with E-state index < -0.39 is 9.84 Å². The minimum absolute atomic E-state index is 0.0675. The van der Waals surface area contributed by atoms with Gasteiger partial charge >= 0.3 is 0 Å². The normalized spacial score (nSPS) is 20.6. The summed E-state index contributed by atoms with van der Waals surface area (Å²) in [6.45, 7) is 2.61. The van der Waals surface area contributed by atoms with Crippen LogP contribution in [-0.2, 0) is 16.4 Å². The zero-order chi connectivity index (χ0) is 15.7. The minimum Gasteiger partial charge on any atom is -0.359 e. The molecule has 1 aromatic heterocycles. The van der Waals surface area contributed by atoms with Crippen molar-refractivity contribution in [2.75, 3.05) is 18.6 Å². The van der Waals surface area contributed by atoms with Crippen LogP contribution in [0.5, 0.6) is 0 Å². The Kier molecular flexibility index (Phi) is 4.06. The summed E-state index contributed by atoms with van der Waals surface area (Å²) in [6, 6.07) is 10.1. The van der Waals surface area contributed by atoms with Crippen molar-refractivity contribution in [2.45, 2.75) is 25.9 Å². The van der Waals surface area contributed by atoms with Gasteiger partial charge in [0.05, 0.1) is 18.1 Å². The van der Waals surface area contributed by atoms with Crippen molar-refractivity contribution in [3.63, 3.8) is 0 Å². The predicted octanol–water partition coefficient (Wildman–Crippen LogP) is 2.27. The molecule has 1 atom stereocenters. The fourth-order valence-electron chi connectivity index (χ4n) is 2.75. The molecule has 22 heavy (non-hydrogen) atoms. The molecule has 0 radical (unpaired) electrons. The topological polar surface area (TPSA) is 63.4 Å². The molecule has 1 fully saturated rings. The van der Waals surface area contributed by atoms with Gasteiger partial charge in [-0.15, -0.1) is 0 Å². The Morgan fingerprint density at radius 2 is 2.05 bits per heavy atom. The van der Waals surface area contributed by atoms with Gasteiger partial charge in [0.25, 0.3) is 0 Å². The number of nitrogens with zero attached hydrogens (tertiary/aromatic N) is 2. The van der Waals surface area contributed by atoms with E-state index in [2.05, 4.69) is 5.16 Å². The van der Waals surface area contributed by atoms with E-state index in [0.717, 1.165) is 17.0 Å². The molecule has 1 aromatic carbocycles. The lowest BCUT2D eigenvalue weighted by Gasteiger charge is -2.21. The molecule has 5 nitrogen and oxygen atoms in total. The third kappa shape index (κ3) is 3.39. The highest BCUT2D eigenvalue weighted by molar-refractivity contribution is 7.91. The molecular formula is C16H20N2O3S. The summed E-state index contributed by atoms with van der Waals surface area (Å²) in [5.74, 6) is 1.28. The van der Waals surface area contributed by atoms with Crippen LogP contribution < -0.4 is 0 Å². The molecule has 118 valence electrons. The molecule has 0 aliphatic carbocycles. The number of hydrogen-bond donors (Lipinski definition) is 0. The zero-order valence-corrected chi connectivity index (χ0v) is 13.6. The second-order valence-corrected chi connectivity index (χ2v) is 8.25. The predicted molar refractivity (Wildman–Crippen MR) is 85.2 cm³/mol. The summed E-state index contributed by atoms with van der Waals surface area (Å²) in [5, 5.41) is 4.10. The summed E-state index contributed by atoms with van der Waals surface area (Å²) in [4.78, 5) is 2.03. The molecular weight excluding hydrogens is 300 g/mol. The maximum absolute atomic E-state index is 11.6. The number of benzene rings is 1. The van der Waals surface area contributed by atoms with Gasteiger partial charge in [-0.2, -0.15) is 0 Å². The Balaban J connectivity index is 1.68. The van der Waals surface area contributed by atoms with Gasteiger partial charge < -0.3 is 4.52 Å². The summed E-state index contributed by atoms with van der Waals surface area (Å²) < 4.78 is 28.5. The molecule has 1 aliphatic heterocycles. The first-order chi connectivity index (χ1) is 10.4. The highest BCUT2D eigenvalue weighted by Crippen LogP contribution is 2.22. The van der Waals surface area contributed by atoms with Crippen molar-refractivity contribution in [2.24, 2.45) is 0 Å². The molecule has 1 saturated heterocycles. The van der Waals surface area contributed by atoms with Gasteiger partial charge in [0.15, 0.2) is 15.6 Å². The van der Waals surface area contributed by atoms with Gasteiger partial charge in [-0.1, -0.05) is 35.0 Å². The Morgan fingerprint density at radius 1 is 1.32 bits per heavy atom. The fourth-order valence-corrected chi connectivity index (χ4v) is 4.55. The van der Waals surface area contributed by atoms with E-state index in [1.54, 1.807) is 0 Å². The monoisotopic (exact) mass is 320 g/mol. The van der Waals surface area contributed by atoms with E-state index >= 15 is 0 Å². The molecule has 0 N–H and O–H groups in total. The molecule has 2 aromatic rings. The average molecular weight is 320 g/mol. The number of aryl methyl sites for hydroxylation is 1. The molecule has 0 spiro atoms. The molecule has 1 unspecified atom stereocenters. The highest BCUT2D eigenvalue weighted by Gasteiger charge is 2.30. The van der Waals surface area contributed by atoms with E-state index in [1.807, 2.05) is 49.2 Å². The van der Waals surface area contributed by atoms with E-state index in [9.17, 15) is 8.42 Å². The molecule has 6 heteroatoms. The summed E-state index contributed by atoms with van der Waals surface area (Å²) in [7, 11) is -0.932. The van der Waals surface area contributed by atoms with Gasteiger partial charge in [0.1, 0.15) is 5.69 Å². The van der Waals surface area contributed by atoms with Crippen molar-refractivity contribution >= 4 is 9.84 Å². The average Bonchev–Trinajstić information content (AvgIpc) is 3.06. The van der Waals surface area contributed by atoms with Gasteiger partial charge in [0, 0.05) is 17.7 Å². The van der Waals surface area contributed by atoms with Crippen molar-refractivity contribution in [3.8, 4) is 11.3 Å². The lowest BCUT2D eigenvalue weighted by Crippen LogP contribution is -2.31. The Morgan fingerprint density at radius 3 is 2.68 bits per heavy atom. The first-order valence-corrected chi connectivity index (χ1v) is 9.18. The van der Waals surface area contributed by atoms with Crippen LogP contribution in [0.15, 0.2) is 34.9 Å². The van der Waals surface area contributed by atoms with Crippen LogP contribution in [-0.4, -0.2) is 43.1 Å². The standard InChI is InChI=1S/C16H20N2O3S/c1-12-3-5-13(6-4-12)16-9-15(21-17-16)10-18(2)14-7-8-22(19,20)11-14/h3-6,9,14H,7-8,10-11H2,1-2H3. The van der Waals surface area contributed by atoms with Crippen LogP contribution in [0.3, 0.4) is 0 Å². The quantitative estimate of drug-likeness (QED) is 0.865. The highest BCUT2D eigenvalue weighted by atomic mass is 32.2. The Bertz CT molecular complexity index is 750. The largest absolute Gasteiger partial charge is 0.359 e. The van der Waals surface area contributed by atoms with E-state index in [0.29, 0.717) is 13.0 Å². The molecule has 3 rings (SSSR count). The lowest BCUT2D eigenvalue weighted by molar-refractivity contribution is 0.222. The lowest BCUT2D eigenvalue weighted by atomic mass is 10.1. The second-order valence-electron chi connectivity index (χ2n) is 6.02. The SMILES string of the molecule is Cc1ccc(-c2cc(CN(C)C3CCS(=O)(=O)C3)on2)cc1. The smallest absolute Gasteiger partial charge is 0.151 e. The van der Waals surface area contributed by atoms with Gasteiger partial charge in [-0.3, -0.25) is 4.90 Å². The maximum Gasteiger partial charge on any atom is 0.151 e. The first-order valence-electron chi connectivity index (χ1n) is 7.36. The zero-order valence-electron chi connectivity index (χ0n) is 12.8. The van der Waals surface area contributed by atoms with Crippen LogP contribution in [0.25, 0.3) is 11.3 Å². The van der Waals surface area contributed by atoms with Gasteiger partial charge in [0.2, 0.25) is 0 Å². The summed E-state index contributed by atoms with van der Waals surface area (Å²) in [5.41, 5.74) is 3.03. The Hall–Kier alpha value is -1.66. The van der Waals surface area contributed by atoms with Crippen molar-refractivity contribution < 1.29 is 12.9 Å². The summed E-state index contributed by atoms with van der Waals surface area (Å²) in [6.07, 6.45) is 0.692. The van der Waals surface area contributed by atoms with Crippen LogP contribution in [0, 0.1) is 6.92 Å². The van der Waals surface area contributed by atoms with E-state index in [4.69, 9.17) is 4.52 Å². The van der Waals surface area contributed by atoms with Gasteiger partial charge in [-0.05, 0) is 20.4 Å². The van der Waals surface area contributed by atoms with Crippen LogP contribution >= 0.6 is 0 Å². The van der Waals surface area contributed by atoms with Crippen LogP contribution in [0.1, 0.15) is 17.7 Å². The van der Waals surface area contributed by atoms with Crippen molar-refractivity contribution in [1.29, 1.82) is 0 Å². The molecule has 0 bridgehead atoms. The van der Waals surface area contributed by atoms with E-state index in [1.165, 1.54) is 5.56 Å². The minimum atomic E-state index is -2.86. The Labute approximate surface area is 130 Å². The molecule has 0 amide bonds. The molecule has 0 saturated carbocycles. The summed E-state index contributed by atoms with van der Waals surface area (Å²) >= 11 is 0. The first kappa shape index (κ1) is 15.2. The number of rotatable bonds is 4. The van der Waals surface area contributed by atoms with Crippen LogP contribution in [0.4, 0.5) is 0 Å². The molecule has 1 aliphatic rings. The van der Waals surface area contributed by atoms with Gasteiger partial charge in [-0.25, -0.2) is 8.42 Å². The molecule has 2 heterocycles. The number of sulfone groups is 1.